The van der Waals surface area contributed by atoms with Crippen molar-refractivity contribution in [1.29, 1.82) is 0 Å². The molecular formula is C11H24N2O. The van der Waals surface area contributed by atoms with Crippen molar-refractivity contribution in [3.63, 3.8) is 0 Å². The molecule has 84 valence electrons. The molecule has 14 heavy (non-hydrogen) atoms. The summed E-state index contributed by atoms with van der Waals surface area (Å²) < 4.78 is 0. The van der Waals surface area contributed by atoms with Crippen LogP contribution in [-0.2, 0) is 0 Å². The lowest BCUT2D eigenvalue weighted by molar-refractivity contribution is 0.116. The fraction of sp³-hybridized carbons (Fsp3) is 1.00. The average molecular weight is 200 g/mol. The average Bonchev–Trinajstić information content (AvgIpc) is 2.11. The van der Waals surface area contributed by atoms with Crippen molar-refractivity contribution in [1.82, 2.24) is 10.6 Å². The van der Waals surface area contributed by atoms with E-state index in [4.69, 9.17) is 0 Å². The van der Waals surface area contributed by atoms with Crippen LogP contribution in [-0.4, -0.2) is 35.9 Å². The molecule has 0 aromatic carbocycles. The molecule has 3 N–H and O–H groups in total. The maximum Gasteiger partial charge on any atom is 0.0538 e. The lowest BCUT2D eigenvalue weighted by Gasteiger charge is -2.36. The van der Waals surface area contributed by atoms with Gasteiger partial charge in [0.25, 0.3) is 0 Å². The lowest BCUT2D eigenvalue weighted by atomic mass is 9.94. The van der Waals surface area contributed by atoms with Crippen LogP contribution >= 0.6 is 0 Å². The summed E-state index contributed by atoms with van der Waals surface area (Å²) in [5, 5.41) is 16.5. The third-order valence-corrected chi connectivity index (χ3v) is 3.41. The highest BCUT2D eigenvalue weighted by Crippen LogP contribution is 2.13. The Kier molecular flexibility index (Phi) is 4.35. The number of aliphatic hydroxyl groups excluding tert-OH is 1. The molecule has 1 aliphatic heterocycles. The summed E-state index contributed by atoms with van der Waals surface area (Å²) in [5.74, 6) is 0.370. The second kappa shape index (κ2) is 5.10. The number of rotatable bonds is 3. The van der Waals surface area contributed by atoms with Gasteiger partial charge in [0.1, 0.15) is 0 Å². The highest BCUT2D eigenvalue weighted by Gasteiger charge is 2.25. The van der Waals surface area contributed by atoms with Crippen LogP contribution in [0.5, 0.6) is 0 Å². The van der Waals surface area contributed by atoms with Crippen molar-refractivity contribution in [2.75, 3.05) is 6.54 Å². The van der Waals surface area contributed by atoms with Gasteiger partial charge < -0.3 is 15.7 Å². The van der Waals surface area contributed by atoms with E-state index in [0.29, 0.717) is 24.0 Å². The van der Waals surface area contributed by atoms with E-state index in [1.54, 1.807) is 0 Å². The summed E-state index contributed by atoms with van der Waals surface area (Å²) in [6.07, 6.45) is 0.841. The maximum absolute atomic E-state index is 9.42. The van der Waals surface area contributed by atoms with E-state index in [0.717, 1.165) is 13.0 Å². The van der Waals surface area contributed by atoms with Crippen LogP contribution in [0.25, 0.3) is 0 Å². The van der Waals surface area contributed by atoms with Crippen molar-refractivity contribution in [2.24, 2.45) is 5.92 Å². The van der Waals surface area contributed by atoms with Crippen molar-refractivity contribution in [2.45, 2.75) is 58.3 Å². The quantitative estimate of drug-likeness (QED) is 0.629. The minimum atomic E-state index is -0.202. The zero-order valence-electron chi connectivity index (χ0n) is 9.75. The number of aliphatic hydroxyl groups is 1. The van der Waals surface area contributed by atoms with E-state index in [2.05, 4.69) is 31.4 Å². The Labute approximate surface area is 87.3 Å². The van der Waals surface area contributed by atoms with E-state index in [-0.39, 0.29) is 6.10 Å². The molecule has 3 heteroatoms. The van der Waals surface area contributed by atoms with Gasteiger partial charge in [0.2, 0.25) is 0 Å². The standard InChI is InChI=1S/C11H24N2O/c1-7(10(4)14)5-11-6-12-8(2)9(3)13-11/h7-14H,5-6H2,1-4H3. The Balaban J connectivity index is 2.33. The predicted octanol–water partition coefficient (Wildman–Crippen LogP) is 0.732. The van der Waals surface area contributed by atoms with Crippen LogP contribution < -0.4 is 10.6 Å². The molecule has 1 aliphatic rings. The normalized spacial score (nSPS) is 37.9. The van der Waals surface area contributed by atoms with E-state index in [1.165, 1.54) is 0 Å². The smallest absolute Gasteiger partial charge is 0.0538 e. The Morgan fingerprint density at radius 2 is 1.93 bits per heavy atom. The van der Waals surface area contributed by atoms with Gasteiger partial charge in [0, 0.05) is 24.7 Å². The van der Waals surface area contributed by atoms with E-state index in [9.17, 15) is 5.11 Å². The molecule has 0 aliphatic carbocycles. The Morgan fingerprint density at radius 3 is 2.43 bits per heavy atom. The summed E-state index contributed by atoms with van der Waals surface area (Å²) in [6, 6.07) is 1.58. The van der Waals surface area contributed by atoms with Crippen LogP contribution in [0.4, 0.5) is 0 Å². The topological polar surface area (TPSA) is 44.3 Å². The van der Waals surface area contributed by atoms with Gasteiger partial charge in [0.05, 0.1) is 6.10 Å². The van der Waals surface area contributed by atoms with Gasteiger partial charge in [-0.15, -0.1) is 0 Å². The number of nitrogens with one attached hydrogen (secondary N) is 2. The van der Waals surface area contributed by atoms with Crippen molar-refractivity contribution < 1.29 is 5.11 Å². The second-order valence-corrected chi connectivity index (χ2v) is 4.80. The molecule has 5 atom stereocenters. The molecule has 1 saturated heterocycles. The molecule has 5 unspecified atom stereocenters. The minimum absolute atomic E-state index is 0.202. The molecule has 0 aromatic heterocycles. The van der Waals surface area contributed by atoms with Gasteiger partial charge in [-0.25, -0.2) is 0 Å². The molecule has 0 spiro atoms. The molecule has 1 rings (SSSR count). The SMILES string of the molecule is CC(O)C(C)CC1CNC(C)C(C)N1. The van der Waals surface area contributed by atoms with Gasteiger partial charge in [-0.05, 0) is 33.1 Å². The Bertz CT molecular complexity index is 173. The molecule has 1 heterocycles. The highest BCUT2D eigenvalue weighted by atomic mass is 16.3. The Hall–Kier alpha value is -0.120. The first kappa shape index (κ1) is 12.0. The maximum atomic E-state index is 9.42. The molecule has 0 aromatic rings. The van der Waals surface area contributed by atoms with Crippen LogP contribution in [0.2, 0.25) is 0 Å². The van der Waals surface area contributed by atoms with Crippen molar-refractivity contribution in [3.05, 3.63) is 0 Å². The molecule has 3 nitrogen and oxygen atoms in total. The summed E-state index contributed by atoms with van der Waals surface area (Å²) in [5.41, 5.74) is 0. The first-order valence-corrected chi connectivity index (χ1v) is 5.68. The van der Waals surface area contributed by atoms with Crippen molar-refractivity contribution in [3.8, 4) is 0 Å². The summed E-state index contributed by atoms with van der Waals surface area (Å²) >= 11 is 0. The summed E-state index contributed by atoms with van der Waals surface area (Å²) in [6.45, 7) is 9.40. The number of hydrogen-bond acceptors (Lipinski definition) is 3. The van der Waals surface area contributed by atoms with Crippen LogP contribution in [0.1, 0.15) is 34.1 Å². The van der Waals surface area contributed by atoms with Gasteiger partial charge in [0.15, 0.2) is 0 Å². The van der Waals surface area contributed by atoms with Crippen molar-refractivity contribution >= 4 is 0 Å². The number of piperazine rings is 1. The van der Waals surface area contributed by atoms with E-state index >= 15 is 0 Å². The highest BCUT2D eigenvalue weighted by molar-refractivity contribution is 4.87. The lowest BCUT2D eigenvalue weighted by Crippen LogP contribution is -2.59. The fourth-order valence-electron chi connectivity index (χ4n) is 1.88. The number of hydrogen-bond donors (Lipinski definition) is 3. The molecule has 0 amide bonds. The predicted molar refractivity (Wildman–Crippen MR) is 59.3 cm³/mol. The van der Waals surface area contributed by atoms with Crippen LogP contribution in [0.15, 0.2) is 0 Å². The second-order valence-electron chi connectivity index (χ2n) is 4.80. The largest absolute Gasteiger partial charge is 0.393 e. The third-order valence-electron chi connectivity index (χ3n) is 3.41. The fourth-order valence-corrected chi connectivity index (χ4v) is 1.88. The first-order valence-electron chi connectivity index (χ1n) is 5.68. The minimum Gasteiger partial charge on any atom is -0.393 e. The summed E-state index contributed by atoms with van der Waals surface area (Å²) in [4.78, 5) is 0. The molecular weight excluding hydrogens is 176 g/mol. The zero-order chi connectivity index (χ0) is 10.7. The van der Waals surface area contributed by atoms with Crippen LogP contribution in [0, 0.1) is 5.92 Å². The van der Waals surface area contributed by atoms with E-state index in [1.807, 2.05) is 6.92 Å². The Morgan fingerprint density at radius 1 is 1.29 bits per heavy atom. The third kappa shape index (κ3) is 3.23. The molecule has 0 saturated carbocycles. The van der Waals surface area contributed by atoms with Gasteiger partial charge in [-0.1, -0.05) is 6.92 Å². The van der Waals surface area contributed by atoms with Gasteiger partial charge >= 0.3 is 0 Å². The summed E-state index contributed by atoms with van der Waals surface area (Å²) in [7, 11) is 0. The van der Waals surface area contributed by atoms with Gasteiger partial charge in [-0.3, -0.25) is 0 Å². The molecule has 0 radical (unpaired) electrons. The first-order chi connectivity index (χ1) is 6.50. The molecule has 0 bridgehead atoms. The molecule has 1 fully saturated rings. The zero-order valence-corrected chi connectivity index (χ0v) is 9.75. The van der Waals surface area contributed by atoms with Gasteiger partial charge in [-0.2, -0.15) is 0 Å². The van der Waals surface area contributed by atoms with E-state index < -0.39 is 0 Å². The van der Waals surface area contributed by atoms with Crippen LogP contribution in [0.3, 0.4) is 0 Å². The monoisotopic (exact) mass is 200 g/mol.